The monoisotopic (exact) mass is 361 g/mol. The lowest BCUT2D eigenvalue weighted by Gasteiger charge is -2.14. The molecule has 2 aromatic carbocycles. The van der Waals surface area contributed by atoms with E-state index in [-0.39, 0.29) is 11.4 Å². The summed E-state index contributed by atoms with van der Waals surface area (Å²) in [6, 6.07) is 6.30. The summed E-state index contributed by atoms with van der Waals surface area (Å²) in [6.07, 6.45) is 4.52. The van der Waals surface area contributed by atoms with Crippen molar-refractivity contribution in [1.82, 2.24) is 5.32 Å². The number of carbonyl (C=O) groups excluding carboxylic acids is 1. The maximum Gasteiger partial charge on any atom is 0.244 e. The van der Waals surface area contributed by atoms with Crippen LogP contribution in [0, 0.1) is 24.4 Å². The summed E-state index contributed by atoms with van der Waals surface area (Å²) in [7, 11) is 0. The van der Waals surface area contributed by atoms with Crippen molar-refractivity contribution >= 4 is 12.0 Å². The number of aryl methyl sites for hydroxylation is 1. The molecule has 0 bridgehead atoms. The van der Waals surface area contributed by atoms with Crippen molar-refractivity contribution < 1.29 is 18.0 Å². The first-order valence-electron chi connectivity index (χ1n) is 8.54. The highest BCUT2D eigenvalue weighted by atomic mass is 19.1. The lowest BCUT2D eigenvalue weighted by atomic mass is 10.0. The lowest BCUT2D eigenvalue weighted by molar-refractivity contribution is -0.117. The predicted octanol–water partition coefficient (Wildman–Crippen LogP) is 5.26. The van der Waals surface area contributed by atoms with Crippen LogP contribution in [0.25, 0.3) is 6.08 Å². The van der Waals surface area contributed by atoms with E-state index in [0.717, 1.165) is 17.5 Å². The number of hydrogen-bond donors (Lipinski definition) is 1. The van der Waals surface area contributed by atoms with Crippen molar-refractivity contribution in [2.24, 2.45) is 0 Å². The molecule has 0 saturated carbocycles. The van der Waals surface area contributed by atoms with Gasteiger partial charge < -0.3 is 5.32 Å². The van der Waals surface area contributed by atoms with Crippen LogP contribution in [0.15, 0.2) is 36.4 Å². The molecule has 2 aromatic rings. The highest BCUT2D eigenvalue weighted by Gasteiger charge is 2.13. The van der Waals surface area contributed by atoms with Crippen LogP contribution in [-0.4, -0.2) is 5.91 Å². The SMILES string of the molecule is CCCc1cc(F)ccc1/C=C/C(=O)N[C@H](C)c1cc(F)c(C)c(F)c1. The van der Waals surface area contributed by atoms with E-state index in [0.29, 0.717) is 12.0 Å². The molecule has 5 heteroatoms. The maximum atomic E-state index is 13.7. The van der Waals surface area contributed by atoms with Gasteiger partial charge in [-0.25, -0.2) is 13.2 Å². The largest absolute Gasteiger partial charge is 0.346 e. The van der Waals surface area contributed by atoms with E-state index in [1.807, 2.05) is 6.92 Å². The summed E-state index contributed by atoms with van der Waals surface area (Å²) >= 11 is 0. The first kappa shape index (κ1) is 19.8. The molecule has 0 aliphatic carbocycles. The minimum absolute atomic E-state index is 0.0491. The number of hydrogen-bond acceptors (Lipinski definition) is 1. The Kier molecular flexibility index (Phi) is 6.61. The Labute approximate surface area is 151 Å². The molecule has 0 radical (unpaired) electrons. The smallest absolute Gasteiger partial charge is 0.244 e. The minimum Gasteiger partial charge on any atom is -0.346 e. The molecule has 0 aliphatic rings. The van der Waals surface area contributed by atoms with Crippen molar-refractivity contribution in [2.75, 3.05) is 0 Å². The molecule has 0 unspecified atom stereocenters. The molecule has 2 nitrogen and oxygen atoms in total. The Hall–Kier alpha value is -2.56. The normalized spacial score (nSPS) is 12.4. The van der Waals surface area contributed by atoms with E-state index in [9.17, 15) is 18.0 Å². The van der Waals surface area contributed by atoms with Crippen LogP contribution in [0.3, 0.4) is 0 Å². The van der Waals surface area contributed by atoms with Gasteiger partial charge in [-0.1, -0.05) is 19.4 Å². The average molecular weight is 361 g/mol. The summed E-state index contributed by atoms with van der Waals surface area (Å²) in [5.74, 6) is -2.00. The lowest BCUT2D eigenvalue weighted by Crippen LogP contribution is -2.25. The fourth-order valence-corrected chi connectivity index (χ4v) is 2.65. The van der Waals surface area contributed by atoms with Crippen LogP contribution in [0.2, 0.25) is 0 Å². The molecule has 2 rings (SSSR count). The molecule has 1 atom stereocenters. The van der Waals surface area contributed by atoms with Crippen molar-refractivity contribution in [3.05, 3.63) is 76.1 Å². The number of benzene rings is 2. The third kappa shape index (κ3) is 4.97. The Morgan fingerprint density at radius 3 is 2.42 bits per heavy atom. The van der Waals surface area contributed by atoms with Gasteiger partial charge >= 0.3 is 0 Å². The van der Waals surface area contributed by atoms with E-state index in [2.05, 4.69) is 5.32 Å². The third-order valence-electron chi connectivity index (χ3n) is 4.20. The van der Waals surface area contributed by atoms with Crippen molar-refractivity contribution in [3.8, 4) is 0 Å². The zero-order chi connectivity index (χ0) is 19.3. The first-order valence-corrected chi connectivity index (χ1v) is 8.54. The van der Waals surface area contributed by atoms with E-state index in [4.69, 9.17) is 0 Å². The summed E-state index contributed by atoms with van der Waals surface area (Å²) in [5, 5.41) is 2.67. The van der Waals surface area contributed by atoms with Crippen LogP contribution < -0.4 is 5.32 Å². The number of nitrogens with one attached hydrogen (secondary N) is 1. The van der Waals surface area contributed by atoms with Gasteiger partial charge in [0.2, 0.25) is 5.91 Å². The Balaban J connectivity index is 2.10. The second kappa shape index (κ2) is 8.70. The molecular weight excluding hydrogens is 339 g/mol. The zero-order valence-electron chi connectivity index (χ0n) is 15.1. The topological polar surface area (TPSA) is 29.1 Å². The quantitative estimate of drug-likeness (QED) is 0.699. The number of amides is 1. The van der Waals surface area contributed by atoms with Crippen LogP contribution >= 0.6 is 0 Å². The molecule has 0 fully saturated rings. The van der Waals surface area contributed by atoms with Gasteiger partial charge in [0.15, 0.2) is 0 Å². The second-order valence-corrected chi connectivity index (χ2v) is 6.27. The molecule has 0 heterocycles. The Bertz CT molecular complexity index is 807. The summed E-state index contributed by atoms with van der Waals surface area (Å²) in [5.41, 5.74) is 1.89. The molecule has 0 spiro atoms. The molecule has 1 amide bonds. The zero-order valence-corrected chi connectivity index (χ0v) is 15.1. The first-order chi connectivity index (χ1) is 12.3. The summed E-state index contributed by atoms with van der Waals surface area (Å²) in [6.45, 7) is 5.00. The fraction of sp³-hybridized carbons (Fsp3) is 0.286. The molecule has 138 valence electrons. The van der Waals surface area contributed by atoms with E-state index in [1.54, 1.807) is 19.1 Å². The highest BCUT2D eigenvalue weighted by molar-refractivity contribution is 5.92. The summed E-state index contributed by atoms with van der Waals surface area (Å²) in [4.78, 5) is 12.1. The Morgan fingerprint density at radius 2 is 1.81 bits per heavy atom. The van der Waals surface area contributed by atoms with Gasteiger partial charge in [-0.3, -0.25) is 4.79 Å². The molecule has 0 aliphatic heterocycles. The van der Waals surface area contributed by atoms with Crippen LogP contribution in [0.4, 0.5) is 13.2 Å². The minimum atomic E-state index is -0.646. The van der Waals surface area contributed by atoms with Crippen LogP contribution in [-0.2, 0) is 11.2 Å². The standard InChI is InChI=1S/C21H22F3NO/c1-4-5-16-10-18(22)8-6-15(16)7-9-21(26)25-14(3)17-11-19(23)13(2)20(24)12-17/h6-12,14H,4-5H2,1-3H3,(H,25,26)/b9-7+/t14-/m1/s1. The van der Waals surface area contributed by atoms with Gasteiger partial charge in [0, 0.05) is 11.6 Å². The highest BCUT2D eigenvalue weighted by Crippen LogP contribution is 2.20. The van der Waals surface area contributed by atoms with Crippen LogP contribution in [0.1, 0.15) is 48.6 Å². The third-order valence-corrected chi connectivity index (χ3v) is 4.20. The van der Waals surface area contributed by atoms with Crippen molar-refractivity contribution in [1.29, 1.82) is 0 Å². The molecule has 0 saturated heterocycles. The molecule has 1 N–H and O–H groups in total. The average Bonchev–Trinajstić information content (AvgIpc) is 2.58. The van der Waals surface area contributed by atoms with Gasteiger partial charge in [-0.2, -0.15) is 0 Å². The van der Waals surface area contributed by atoms with Gasteiger partial charge in [0.25, 0.3) is 0 Å². The molecule has 26 heavy (non-hydrogen) atoms. The molecular formula is C21H22F3NO. The van der Waals surface area contributed by atoms with E-state index >= 15 is 0 Å². The van der Waals surface area contributed by atoms with Crippen molar-refractivity contribution in [2.45, 2.75) is 39.7 Å². The second-order valence-electron chi connectivity index (χ2n) is 6.27. The van der Waals surface area contributed by atoms with Gasteiger partial charge in [0.1, 0.15) is 17.5 Å². The van der Waals surface area contributed by atoms with Crippen molar-refractivity contribution in [3.63, 3.8) is 0 Å². The van der Waals surface area contributed by atoms with E-state index < -0.39 is 23.6 Å². The van der Waals surface area contributed by atoms with Gasteiger partial charge in [-0.05, 0) is 67.3 Å². The number of rotatable bonds is 6. The van der Waals surface area contributed by atoms with Crippen LogP contribution in [0.5, 0.6) is 0 Å². The fourth-order valence-electron chi connectivity index (χ4n) is 2.65. The van der Waals surface area contributed by atoms with Gasteiger partial charge in [-0.15, -0.1) is 0 Å². The summed E-state index contributed by atoms with van der Waals surface area (Å²) < 4.78 is 40.7. The van der Waals surface area contributed by atoms with Gasteiger partial charge in [0.05, 0.1) is 6.04 Å². The number of halogens is 3. The predicted molar refractivity (Wildman–Crippen MR) is 97.1 cm³/mol. The molecule has 0 aromatic heterocycles. The maximum absolute atomic E-state index is 13.7. The van der Waals surface area contributed by atoms with E-state index in [1.165, 1.54) is 37.3 Å². The number of carbonyl (C=O) groups is 1. The Morgan fingerprint density at radius 1 is 1.15 bits per heavy atom.